The summed E-state index contributed by atoms with van der Waals surface area (Å²) < 4.78 is 0. The van der Waals surface area contributed by atoms with Crippen molar-refractivity contribution >= 4 is 64.6 Å². The third kappa shape index (κ3) is 4.60. The second kappa shape index (κ2) is 12.1. The SMILES string of the molecule is c1ccc(-c2ccc(-c3cccc(-c4ccc5ccc6cccc7ccc4c5c67)c3-c3ccccc3)cc2-c2ccc3ccc4cccc5ccc2c3c45)cc1. The van der Waals surface area contributed by atoms with E-state index in [1.165, 1.54) is 120 Å². The molecule has 56 heavy (non-hydrogen) atoms. The molecule has 0 saturated carbocycles. The van der Waals surface area contributed by atoms with Crippen molar-refractivity contribution in [1.29, 1.82) is 0 Å². The van der Waals surface area contributed by atoms with Crippen molar-refractivity contribution in [1.82, 2.24) is 0 Å². The Kier molecular flexibility index (Phi) is 6.73. The van der Waals surface area contributed by atoms with Gasteiger partial charge in [0.2, 0.25) is 0 Å². The van der Waals surface area contributed by atoms with E-state index >= 15 is 0 Å². The lowest BCUT2D eigenvalue weighted by atomic mass is 9.82. The monoisotopic (exact) mass is 706 g/mol. The second-order valence-corrected chi connectivity index (χ2v) is 15.2. The first-order valence-corrected chi connectivity index (χ1v) is 19.5. The quantitative estimate of drug-likeness (QED) is 0.156. The van der Waals surface area contributed by atoms with Crippen LogP contribution in [0.3, 0.4) is 0 Å². The molecule has 0 spiro atoms. The Hall–Kier alpha value is -7.28. The van der Waals surface area contributed by atoms with Crippen molar-refractivity contribution in [2.75, 3.05) is 0 Å². The summed E-state index contributed by atoms with van der Waals surface area (Å²) in [4.78, 5) is 0. The predicted octanol–water partition coefficient (Wildman–Crippen LogP) is 15.8. The molecule has 0 fully saturated rings. The summed E-state index contributed by atoms with van der Waals surface area (Å²) in [6.45, 7) is 0. The van der Waals surface area contributed by atoms with Crippen LogP contribution in [-0.4, -0.2) is 0 Å². The van der Waals surface area contributed by atoms with Crippen LogP contribution in [0.5, 0.6) is 0 Å². The lowest BCUT2D eigenvalue weighted by molar-refractivity contribution is 1.56. The maximum absolute atomic E-state index is 2.45. The van der Waals surface area contributed by atoms with Crippen LogP contribution in [0.4, 0.5) is 0 Å². The largest absolute Gasteiger partial charge is 0.0622 e. The van der Waals surface area contributed by atoms with Crippen LogP contribution in [0.15, 0.2) is 206 Å². The van der Waals surface area contributed by atoms with Gasteiger partial charge in [-0.2, -0.15) is 0 Å². The molecule has 0 nitrogen and oxygen atoms in total. The molecule has 258 valence electrons. The molecular weight excluding hydrogens is 673 g/mol. The molecular formula is C56H34. The van der Waals surface area contributed by atoms with Crippen LogP contribution in [0.1, 0.15) is 0 Å². The highest BCUT2D eigenvalue weighted by Gasteiger charge is 2.21. The molecule has 0 bridgehead atoms. The van der Waals surface area contributed by atoms with Crippen molar-refractivity contribution in [2.24, 2.45) is 0 Å². The highest BCUT2D eigenvalue weighted by molar-refractivity contribution is 6.27. The van der Waals surface area contributed by atoms with E-state index in [2.05, 4.69) is 206 Å². The molecule has 0 aliphatic heterocycles. The van der Waals surface area contributed by atoms with E-state index < -0.39 is 0 Å². The van der Waals surface area contributed by atoms with Crippen LogP contribution in [0, 0.1) is 0 Å². The fourth-order valence-corrected chi connectivity index (χ4v) is 9.68. The first-order chi connectivity index (χ1) is 27.8. The van der Waals surface area contributed by atoms with Gasteiger partial charge in [0, 0.05) is 0 Å². The zero-order valence-electron chi connectivity index (χ0n) is 30.6. The Labute approximate surface area is 325 Å². The van der Waals surface area contributed by atoms with Gasteiger partial charge in [-0.1, -0.05) is 200 Å². The van der Waals surface area contributed by atoms with Gasteiger partial charge in [-0.25, -0.2) is 0 Å². The summed E-state index contributed by atoms with van der Waals surface area (Å²) in [6, 6.07) is 76.7. The topological polar surface area (TPSA) is 0 Å². The van der Waals surface area contributed by atoms with Crippen molar-refractivity contribution in [3.63, 3.8) is 0 Å². The smallest absolute Gasteiger partial charge is 0.00206 e. The Balaban J connectivity index is 1.14. The standard InChI is InChI=1S/C56H34/c1-3-10-35(11-4-1)44-29-28-43(34-51(44)47-31-25-42-23-21-38-15-8-17-40-27-33-50(47)56(42)53(38)40)45-18-9-19-48(54(45)36-12-5-2-6-13-36)46-30-24-41-22-20-37-14-7-16-39-26-32-49(46)55(41)52(37)39/h1-34H. The van der Waals surface area contributed by atoms with E-state index in [-0.39, 0.29) is 0 Å². The van der Waals surface area contributed by atoms with E-state index in [0.29, 0.717) is 0 Å². The molecule has 0 unspecified atom stereocenters. The number of hydrogen-bond acceptors (Lipinski definition) is 0. The minimum absolute atomic E-state index is 1.20. The van der Waals surface area contributed by atoms with E-state index in [1.807, 2.05) is 0 Å². The fourth-order valence-electron chi connectivity index (χ4n) is 9.68. The first kappa shape index (κ1) is 31.1. The van der Waals surface area contributed by atoms with Gasteiger partial charge < -0.3 is 0 Å². The summed E-state index contributed by atoms with van der Waals surface area (Å²) in [7, 11) is 0. The summed E-state index contributed by atoms with van der Waals surface area (Å²) in [5, 5.41) is 15.6. The number of hydrogen-bond donors (Lipinski definition) is 0. The predicted molar refractivity (Wildman–Crippen MR) is 241 cm³/mol. The van der Waals surface area contributed by atoms with E-state index in [0.717, 1.165) is 0 Å². The fraction of sp³-hybridized carbons (Fsp3) is 0. The van der Waals surface area contributed by atoms with Crippen LogP contribution in [0.2, 0.25) is 0 Å². The minimum Gasteiger partial charge on any atom is -0.0622 e. The normalized spacial score (nSPS) is 11.9. The summed E-state index contributed by atoms with van der Waals surface area (Å²) in [5.41, 5.74) is 12.3. The average molecular weight is 707 g/mol. The molecule has 12 aromatic carbocycles. The maximum Gasteiger partial charge on any atom is -0.00206 e. The molecule has 0 N–H and O–H groups in total. The molecule has 0 heteroatoms. The summed E-state index contributed by atoms with van der Waals surface area (Å²) in [6.07, 6.45) is 0. The lowest BCUT2D eigenvalue weighted by Crippen LogP contribution is -1.94. The van der Waals surface area contributed by atoms with Crippen LogP contribution in [-0.2, 0) is 0 Å². The Morgan fingerprint density at radius 1 is 0.196 bits per heavy atom. The molecule has 12 rings (SSSR count). The first-order valence-electron chi connectivity index (χ1n) is 19.5. The van der Waals surface area contributed by atoms with Gasteiger partial charge in [-0.3, -0.25) is 0 Å². The molecule has 0 radical (unpaired) electrons. The lowest BCUT2D eigenvalue weighted by Gasteiger charge is -2.21. The Morgan fingerprint density at radius 3 is 1.20 bits per heavy atom. The van der Waals surface area contributed by atoms with Gasteiger partial charge in [-0.15, -0.1) is 0 Å². The highest BCUT2D eigenvalue weighted by Crippen LogP contribution is 2.48. The van der Waals surface area contributed by atoms with Gasteiger partial charge in [0.15, 0.2) is 0 Å². The molecule has 0 heterocycles. The third-order valence-corrected chi connectivity index (χ3v) is 12.2. The van der Waals surface area contributed by atoms with Gasteiger partial charge in [0.05, 0.1) is 0 Å². The Bertz CT molecular complexity index is 3410. The molecule has 12 aromatic rings. The van der Waals surface area contributed by atoms with E-state index in [4.69, 9.17) is 0 Å². The maximum atomic E-state index is 2.45. The van der Waals surface area contributed by atoms with Crippen LogP contribution >= 0.6 is 0 Å². The van der Waals surface area contributed by atoms with E-state index in [9.17, 15) is 0 Å². The molecule has 0 amide bonds. The van der Waals surface area contributed by atoms with Crippen LogP contribution in [0.25, 0.3) is 120 Å². The Morgan fingerprint density at radius 2 is 0.625 bits per heavy atom. The van der Waals surface area contributed by atoms with Crippen molar-refractivity contribution < 1.29 is 0 Å². The second-order valence-electron chi connectivity index (χ2n) is 15.2. The van der Waals surface area contributed by atoms with Crippen LogP contribution < -0.4 is 0 Å². The molecule has 0 aliphatic rings. The van der Waals surface area contributed by atoms with Crippen molar-refractivity contribution in [2.45, 2.75) is 0 Å². The molecule has 0 aromatic heterocycles. The minimum atomic E-state index is 1.20. The number of rotatable bonds is 5. The highest BCUT2D eigenvalue weighted by atomic mass is 14.2. The van der Waals surface area contributed by atoms with E-state index in [1.54, 1.807) is 0 Å². The molecule has 0 saturated heterocycles. The van der Waals surface area contributed by atoms with Crippen molar-refractivity contribution in [3.8, 4) is 55.6 Å². The zero-order chi connectivity index (χ0) is 36.7. The molecule has 0 atom stereocenters. The molecule has 0 aliphatic carbocycles. The summed E-state index contributed by atoms with van der Waals surface area (Å²) >= 11 is 0. The van der Waals surface area contributed by atoms with Gasteiger partial charge in [-0.05, 0) is 126 Å². The van der Waals surface area contributed by atoms with Crippen molar-refractivity contribution in [3.05, 3.63) is 206 Å². The van der Waals surface area contributed by atoms with Gasteiger partial charge >= 0.3 is 0 Å². The van der Waals surface area contributed by atoms with Gasteiger partial charge in [0.25, 0.3) is 0 Å². The zero-order valence-corrected chi connectivity index (χ0v) is 30.6. The van der Waals surface area contributed by atoms with Gasteiger partial charge in [0.1, 0.15) is 0 Å². The summed E-state index contributed by atoms with van der Waals surface area (Å²) in [5.74, 6) is 0. The third-order valence-electron chi connectivity index (χ3n) is 12.2. The number of benzene rings is 12. The average Bonchev–Trinajstić information content (AvgIpc) is 3.27.